The van der Waals surface area contributed by atoms with Crippen LogP contribution in [0.1, 0.15) is 12.8 Å². The molecule has 0 spiro atoms. The quantitative estimate of drug-likeness (QED) is 0.837. The van der Waals surface area contributed by atoms with Gasteiger partial charge < -0.3 is 15.0 Å². The van der Waals surface area contributed by atoms with Gasteiger partial charge in [-0.05, 0) is 18.9 Å². The number of fused-ring (bicyclic) bond motifs is 1. The zero-order valence-corrected chi connectivity index (χ0v) is 9.28. The van der Waals surface area contributed by atoms with Crippen molar-refractivity contribution in [3.05, 3.63) is 25.0 Å². The molecule has 0 saturated carbocycles. The van der Waals surface area contributed by atoms with E-state index >= 15 is 0 Å². The summed E-state index contributed by atoms with van der Waals surface area (Å²) in [6.45, 7) is 0.733. The predicted molar refractivity (Wildman–Crippen MR) is 63.0 cm³/mol. The van der Waals surface area contributed by atoms with E-state index in [0.29, 0.717) is 11.3 Å². The van der Waals surface area contributed by atoms with Gasteiger partial charge in [0.15, 0.2) is 11.5 Å². The van der Waals surface area contributed by atoms with Gasteiger partial charge in [-0.15, -0.1) is 0 Å². The van der Waals surface area contributed by atoms with Gasteiger partial charge in [-0.3, -0.25) is 0 Å². The molecule has 2 aromatic rings. The maximum Gasteiger partial charge on any atom is 0.165 e. The number of imidazole rings is 1. The Balaban J connectivity index is 1.90. The minimum atomic E-state index is 0.175. The molecular weight excluding hydrogens is 218 g/mol. The number of rotatable bonds is 2. The molecule has 17 heavy (non-hydrogen) atoms. The summed E-state index contributed by atoms with van der Waals surface area (Å²) in [5.74, 6) is 0.415. The third kappa shape index (κ3) is 1.82. The maximum atomic E-state index is 5.73. The summed E-state index contributed by atoms with van der Waals surface area (Å²) >= 11 is 0. The van der Waals surface area contributed by atoms with Gasteiger partial charge in [0, 0.05) is 0 Å². The number of nitrogen functional groups attached to an aromatic ring is 1. The van der Waals surface area contributed by atoms with Gasteiger partial charge in [-0.25, -0.2) is 15.0 Å². The molecule has 0 amide bonds. The van der Waals surface area contributed by atoms with Crippen molar-refractivity contribution >= 4 is 17.0 Å². The van der Waals surface area contributed by atoms with Crippen molar-refractivity contribution in [2.75, 3.05) is 5.73 Å². The molecule has 1 unspecified atom stereocenters. The Morgan fingerprint density at radius 2 is 2.35 bits per heavy atom. The molecule has 0 bridgehead atoms. The fourth-order valence-electron chi connectivity index (χ4n) is 1.97. The summed E-state index contributed by atoms with van der Waals surface area (Å²) in [6, 6.07) is 0. The SMILES string of the molecule is Nc1ncnc2c1ncn2CC1CCC=CO1. The molecule has 0 aliphatic carbocycles. The van der Waals surface area contributed by atoms with Crippen LogP contribution in [0, 0.1) is 0 Å². The Kier molecular flexibility index (Phi) is 2.40. The fraction of sp³-hybridized carbons (Fsp3) is 0.364. The average molecular weight is 231 g/mol. The summed E-state index contributed by atoms with van der Waals surface area (Å²) in [6.07, 6.45) is 9.22. The summed E-state index contributed by atoms with van der Waals surface area (Å²) in [5.41, 5.74) is 7.14. The second-order valence-electron chi connectivity index (χ2n) is 4.04. The molecular formula is C11H13N5O. The lowest BCUT2D eigenvalue weighted by Crippen LogP contribution is -2.19. The van der Waals surface area contributed by atoms with E-state index in [1.54, 1.807) is 12.6 Å². The van der Waals surface area contributed by atoms with Gasteiger partial charge >= 0.3 is 0 Å². The van der Waals surface area contributed by atoms with E-state index in [2.05, 4.69) is 15.0 Å². The van der Waals surface area contributed by atoms with E-state index in [1.165, 1.54) is 6.33 Å². The van der Waals surface area contributed by atoms with Crippen LogP contribution in [0.15, 0.2) is 25.0 Å². The van der Waals surface area contributed by atoms with Gasteiger partial charge in [0.2, 0.25) is 0 Å². The van der Waals surface area contributed by atoms with Gasteiger partial charge in [0.05, 0.1) is 19.1 Å². The van der Waals surface area contributed by atoms with E-state index in [4.69, 9.17) is 10.5 Å². The molecule has 1 aliphatic heterocycles. The van der Waals surface area contributed by atoms with Crippen LogP contribution in [-0.4, -0.2) is 25.6 Å². The van der Waals surface area contributed by atoms with Gasteiger partial charge in [0.25, 0.3) is 0 Å². The van der Waals surface area contributed by atoms with Gasteiger partial charge in [0.1, 0.15) is 17.9 Å². The van der Waals surface area contributed by atoms with E-state index in [0.717, 1.165) is 25.0 Å². The van der Waals surface area contributed by atoms with Crippen molar-refractivity contribution in [2.45, 2.75) is 25.5 Å². The molecule has 88 valence electrons. The highest BCUT2D eigenvalue weighted by molar-refractivity contribution is 5.81. The lowest BCUT2D eigenvalue weighted by Gasteiger charge is -2.19. The average Bonchev–Trinajstić information content (AvgIpc) is 2.76. The largest absolute Gasteiger partial charge is 0.496 e. The first-order valence-corrected chi connectivity index (χ1v) is 5.56. The molecule has 6 heteroatoms. The number of aromatic nitrogens is 4. The van der Waals surface area contributed by atoms with E-state index < -0.39 is 0 Å². The van der Waals surface area contributed by atoms with Crippen LogP contribution >= 0.6 is 0 Å². The number of nitrogens with zero attached hydrogens (tertiary/aromatic N) is 4. The number of anilines is 1. The molecule has 6 nitrogen and oxygen atoms in total. The molecule has 1 atom stereocenters. The van der Waals surface area contributed by atoms with Crippen molar-refractivity contribution in [1.82, 2.24) is 19.5 Å². The molecule has 0 aromatic carbocycles. The normalized spacial score (nSPS) is 19.4. The molecule has 3 heterocycles. The lowest BCUT2D eigenvalue weighted by molar-refractivity contribution is 0.108. The van der Waals surface area contributed by atoms with Crippen LogP contribution in [-0.2, 0) is 11.3 Å². The van der Waals surface area contributed by atoms with E-state index in [9.17, 15) is 0 Å². The Hall–Kier alpha value is -2.11. The van der Waals surface area contributed by atoms with Crippen LogP contribution in [0.25, 0.3) is 11.2 Å². The van der Waals surface area contributed by atoms with Gasteiger partial charge in [-0.2, -0.15) is 0 Å². The minimum Gasteiger partial charge on any atom is -0.496 e. The van der Waals surface area contributed by atoms with Crippen molar-refractivity contribution in [2.24, 2.45) is 0 Å². The molecule has 0 radical (unpaired) electrons. The molecule has 2 N–H and O–H groups in total. The molecule has 3 rings (SSSR count). The first-order chi connectivity index (χ1) is 8.34. The third-order valence-corrected chi connectivity index (χ3v) is 2.85. The van der Waals surface area contributed by atoms with Gasteiger partial charge in [-0.1, -0.05) is 0 Å². The highest BCUT2D eigenvalue weighted by atomic mass is 16.5. The number of nitrogens with two attached hydrogens (primary N) is 1. The molecule has 0 saturated heterocycles. The van der Waals surface area contributed by atoms with Crippen molar-refractivity contribution in [3.8, 4) is 0 Å². The summed E-state index contributed by atoms with van der Waals surface area (Å²) in [4.78, 5) is 12.3. The second-order valence-corrected chi connectivity index (χ2v) is 4.04. The van der Waals surface area contributed by atoms with Crippen LogP contribution < -0.4 is 5.73 Å². The molecule has 1 aliphatic rings. The summed E-state index contributed by atoms with van der Waals surface area (Å²) in [5, 5.41) is 0. The predicted octanol–water partition coefficient (Wildman–Crippen LogP) is 1.10. The first-order valence-electron chi connectivity index (χ1n) is 5.56. The topological polar surface area (TPSA) is 78.9 Å². The number of allylic oxidation sites excluding steroid dienone is 1. The van der Waals surface area contributed by atoms with E-state index in [1.807, 2.05) is 10.6 Å². The number of ether oxygens (including phenoxy) is 1. The maximum absolute atomic E-state index is 5.73. The van der Waals surface area contributed by atoms with Crippen LogP contribution in [0.3, 0.4) is 0 Å². The minimum absolute atomic E-state index is 0.175. The summed E-state index contributed by atoms with van der Waals surface area (Å²) < 4.78 is 7.48. The number of hydrogen-bond donors (Lipinski definition) is 1. The Labute approximate surface area is 98.1 Å². The van der Waals surface area contributed by atoms with Crippen molar-refractivity contribution < 1.29 is 4.74 Å². The summed E-state index contributed by atoms with van der Waals surface area (Å²) in [7, 11) is 0. The Morgan fingerprint density at radius 1 is 1.41 bits per heavy atom. The molecule has 2 aromatic heterocycles. The standard InChI is InChI=1S/C11H13N5O/c12-10-9-11(14-6-13-10)16(7-15-9)5-8-3-1-2-4-17-8/h2,4,6-8H,1,3,5H2,(H2,12,13,14). The lowest BCUT2D eigenvalue weighted by atomic mass is 10.1. The highest BCUT2D eigenvalue weighted by Crippen LogP contribution is 2.17. The smallest absolute Gasteiger partial charge is 0.165 e. The van der Waals surface area contributed by atoms with Crippen LogP contribution in [0.5, 0.6) is 0 Å². The fourth-order valence-corrected chi connectivity index (χ4v) is 1.97. The zero-order chi connectivity index (χ0) is 11.7. The van der Waals surface area contributed by atoms with Crippen molar-refractivity contribution in [1.29, 1.82) is 0 Å². The second kappa shape index (κ2) is 4.04. The third-order valence-electron chi connectivity index (χ3n) is 2.85. The Bertz CT molecular complexity index is 562. The van der Waals surface area contributed by atoms with Crippen LogP contribution in [0.2, 0.25) is 0 Å². The van der Waals surface area contributed by atoms with Crippen molar-refractivity contribution in [3.63, 3.8) is 0 Å². The molecule has 0 fully saturated rings. The van der Waals surface area contributed by atoms with Crippen LogP contribution in [0.4, 0.5) is 5.82 Å². The first kappa shape index (κ1) is 10.1. The Morgan fingerprint density at radius 3 is 3.18 bits per heavy atom. The monoisotopic (exact) mass is 231 g/mol. The highest BCUT2D eigenvalue weighted by Gasteiger charge is 2.14. The van der Waals surface area contributed by atoms with E-state index in [-0.39, 0.29) is 6.10 Å². The number of hydrogen-bond acceptors (Lipinski definition) is 5. The zero-order valence-electron chi connectivity index (χ0n) is 9.28.